The molecule has 4 rings (SSSR count). The lowest BCUT2D eigenvalue weighted by molar-refractivity contribution is -0.137. The van der Waals surface area contributed by atoms with Crippen molar-refractivity contribution >= 4 is 11.6 Å². The van der Waals surface area contributed by atoms with Crippen LogP contribution in [-0.4, -0.2) is 33.3 Å². The molecule has 6 nitrogen and oxygen atoms in total. The Bertz CT molecular complexity index is 1310. The van der Waals surface area contributed by atoms with E-state index in [1.807, 2.05) is 0 Å². The number of benzene rings is 2. The summed E-state index contributed by atoms with van der Waals surface area (Å²) in [5, 5.41) is 11.6. The highest BCUT2D eigenvalue weighted by Crippen LogP contribution is 2.42. The minimum Gasteiger partial charge on any atom is -0.492 e. The van der Waals surface area contributed by atoms with Gasteiger partial charge in [0.05, 0.1) is 23.4 Å². The average molecular weight is 503 g/mol. The number of aromatic nitrogens is 4. The van der Waals surface area contributed by atoms with E-state index < -0.39 is 30.2 Å². The second-order valence-electron chi connectivity index (χ2n) is 6.96. The molecule has 13 heteroatoms. The maximum atomic E-state index is 13.0. The monoisotopic (exact) mass is 502 g/mol. The van der Waals surface area contributed by atoms with Crippen LogP contribution in [-0.2, 0) is 12.6 Å². The summed E-state index contributed by atoms with van der Waals surface area (Å²) in [7, 11) is 1.26. The van der Waals surface area contributed by atoms with Crippen molar-refractivity contribution < 1.29 is 35.5 Å². The zero-order chi connectivity index (χ0) is 24.7. The number of hydrogen-bond acceptors (Lipinski definition) is 5. The van der Waals surface area contributed by atoms with Gasteiger partial charge in [0.25, 0.3) is 5.89 Å². The lowest BCUT2D eigenvalue weighted by Gasteiger charge is -2.12. The summed E-state index contributed by atoms with van der Waals surface area (Å²) in [6.07, 6.45) is -10.6. The summed E-state index contributed by atoms with van der Waals surface area (Å²) >= 11 is 6.30. The highest BCUT2D eigenvalue weighted by molar-refractivity contribution is 6.32. The predicted molar refractivity (Wildman–Crippen MR) is 109 cm³/mol. The van der Waals surface area contributed by atoms with Gasteiger partial charge in [-0.1, -0.05) is 35.9 Å². The summed E-state index contributed by atoms with van der Waals surface area (Å²) in [5.41, 5.74) is -0.210. The molecule has 0 radical (unpaired) electrons. The van der Waals surface area contributed by atoms with Gasteiger partial charge in [-0.3, -0.25) is 0 Å². The number of para-hydroxylation sites is 1. The smallest absolute Gasteiger partial charge is 0.416 e. The normalized spacial score (nSPS) is 12.2. The van der Waals surface area contributed by atoms with E-state index >= 15 is 0 Å². The molecule has 0 saturated carbocycles. The quantitative estimate of drug-likeness (QED) is 0.296. The van der Waals surface area contributed by atoms with Gasteiger partial charge in [0.2, 0.25) is 5.89 Å². The Morgan fingerprint density at radius 2 is 1.65 bits per heavy atom. The molecule has 0 unspecified atom stereocenters. The summed E-state index contributed by atoms with van der Waals surface area (Å²) in [4.78, 5) is 0. The Balaban J connectivity index is 1.91. The molecule has 2 aromatic heterocycles. The number of methoxy groups -OCH3 is 1. The van der Waals surface area contributed by atoms with E-state index in [1.54, 1.807) is 24.3 Å². The number of alkyl halides is 6. The molecule has 4 aromatic rings. The maximum Gasteiger partial charge on any atom is 0.416 e. The molecule has 0 aliphatic rings. The Labute approximate surface area is 192 Å². The largest absolute Gasteiger partial charge is 0.492 e. The highest BCUT2D eigenvalue weighted by Gasteiger charge is 2.33. The molecule has 0 N–H and O–H groups in total. The molecule has 0 bridgehead atoms. The molecule has 0 aliphatic carbocycles. The molecule has 2 heterocycles. The molecular formula is C21H13ClF6N4O2. The summed E-state index contributed by atoms with van der Waals surface area (Å²) in [5.74, 6) is -1.06. The van der Waals surface area contributed by atoms with E-state index in [-0.39, 0.29) is 33.6 Å². The summed E-state index contributed by atoms with van der Waals surface area (Å²) in [6.45, 7) is 0. The van der Waals surface area contributed by atoms with Crippen LogP contribution in [0, 0.1) is 0 Å². The van der Waals surface area contributed by atoms with E-state index in [0.717, 1.165) is 12.1 Å². The number of halogens is 7. The zero-order valence-corrected chi connectivity index (χ0v) is 17.8. The van der Waals surface area contributed by atoms with Crippen LogP contribution >= 0.6 is 11.6 Å². The Hall–Kier alpha value is -3.54. The minimum atomic E-state index is -4.57. The molecule has 0 aliphatic heterocycles. The van der Waals surface area contributed by atoms with E-state index in [1.165, 1.54) is 23.9 Å². The van der Waals surface area contributed by atoms with E-state index in [0.29, 0.717) is 5.69 Å². The summed E-state index contributed by atoms with van der Waals surface area (Å²) < 4.78 is 89.1. The van der Waals surface area contributed by atoms with Crippen molar-refractivity contribution in [3.8, 4) is 34.3 Å². The topological polar surface area (TPSA) is 66.0 Å². The molecule has 0 fully saturated rings. The molecule has 2 aromatic carbocycles. The van der Waals surface area contributed by atoms with Gasteiger partial charge in [-0.05, 0) is 24.3 Å². The van der Waals surface area contributed by atoms with Gasteiger partial charge in [0.1, 0.15) is 12.1 Å². The zero-order valence-electron chi connectivity index (χ0n) is 17.1. The lowest BCUT2D eigenvalue weighted by atomic mass is 10.1. The van der Waals surface area contributed by atoms with Gasteiger partial charge in [0, 0.05) is 5.56 Å². The Morgan fingerprint density at radius 1 is 0.971 bits per heavy atom. The van der Waals surface area contributed by atoms with E-state index in [2.05, 4.69) is 15.3 Å². The predicted octanol–water partition coefficient (Wildman–Crippen LogP) is 6.37. The Kier molecular flexibility index (Phi) is 6.02. The van der Waals surface area contributed by atoms with Crippen molar-refractivity contribution in [1.82, 2.24) is 20.0 Å². The van der Waals surface area contributed by atoms with Gasteiger partial charge in [-0.15, -0.1) is 10.2 Å². The Morgan fingerprint density at radius 3 is 2.24 bits per heavy atom. The van der Waals surface area contributed by atoms with E-state index in [4.69, 9.17) is 20.8 Å². The van der Waals surface area contributed by atoms with Crippen molar-refractivity contribution in [3.05, 3.63) is 65.0 Å². The first-order chi connectivity index (χ1) is 16.0. The van der Waals surface area contributed by atoms with Crippen LogP contribution in [0.2, 0.25) is 5.02 Å². The second-order valence-corrected chi connectivity index (χ2v) is 7.37. The summed E-state index contributed by atoms with van der Waals surface area (Å²) in [6, 6.07) is 10.7. The fourth-order valence-corrected chi connectivity index (χ4v) is 3.41. The average Bonchev–Trinajstić information content (AvgIpc) is 3.36. The third-order valence-corrected chi connectivity index (χ3v) is 4.95. The number of ether oxygens (including phenoxy) is 1. The molecule has 178 valence electrons. The third-order valence-electron chi connectivity index (χ3n) is 4.63. The van der Waals surface area contributed by atoms with Crippen LogP contribution in [0.4, 0.5) is 26.3 Å². The third kappa shape index (κ3) is 4.72. The molecule has 0 spiro atoms. The van der Waals surface area contributed by atoms with E-state index in [9.17, 15) is 26.3 Å². The number of rotatable bonds is 5. The van der Waals surface area contributed by atoms with Crippen LogP contribution in [0.1, 0.15) is 11.5 Å². The molecule has 0 amide bonds. The van der Waals surface area contributed by atoms with Crippen LogP contribution in [0.15, 0.2) is 52.9 Å². The van der Waals surface area contributed by atoms with Crippen LogP contribution in [0.5, 0.6) is 5.75 Å². The van der Waals surface area contributed by atoms with Gasteiger partial charge >= 0.3 is 12.4 Å². The first-order valence-electron chi connectivity index (χ1n) is 9.47. The first kappa shape index (κ1) is 23.6. The molecular weight excluding hydrogens is 490 g/mol. The second kappa shape index (κ2) is 8.67. The first-order valence-corrected chi connectivity index (χ1v) is 9.85. The van der Waals surface area contributed by atoms with Gasteiger partial charge in [-0.25, -0.2) is 4.68 Å². The van der Waals surface area contributed by atoms with Crippen molar-refractivity contribution in [2.75, 3.05) is 7.11 Å². The molecule has 0 atom stereocenters. The lowest BCUT2D eigenvalue weighted by Crippen LogP contribution is -2.11. The minimum absolute atomic E-state index is 0.0121. The van der Waals surface area contributed by atoms with Gasteiger partial charge in [-0.2, -0.15) is 31.4 Å². The fourth-order valence-electron chi connectivity index (χ4n) is 3.20. The van der Waals surface area contributed by atoms with Crippen molar-refractivity contribution in [2.45, 2.75) is 18.8 Å². The molecule has 34 heavy (non-hydrogen) atoms. The van der Waals surface area contributed by atoms with Crippen LogP contribution in [0.3, 0.4) is 0 Å². The van der Waals surface area contributed by atoms with Crippen molar-refractivity contribution in [1.29, 1.82) is 0 Å². The number of nitrogens with zero attached hydrogens (tertiary/aromatic N) is 4. The standard InChI is InChI=1S/C21H13ClF6N4O2/c1-33-18-16(19-30-29-15(34-19)10-20(23,24)25)31-32(14-5-3-2-4-13(14)22)17(18)11-6-8-12(9-7-11)21(26,27)28/h2-9H,10H2,1H3. The van der Waals surface area contributed by atoms with Crippen LogP contribution in [0.25, 0.3) is 28.5 Å². The highest BCUT2D eigenvalue weighted by atomic mass is 35.5. The number of hydrogen-bond donors (Lipinski definition) is 0. The van der Waals surface area contributed by atoms with Gasteiger partial charge < -0.3 is 9.15 Å². The van der Waals surface area contributed by atoms with Crippen molar-refractivity contribution in [3.63, 3.8) is 0 Å². The maximum absolute atomic E-state index is 13.0. The molecule has 0 saturated heterocycles. The SMILES string of the molecule is COc1c(-c2nnc(CC(F)(F)F)o2)nn(-c2ccccc2Cl)c1-c1ccc(C(F)(F)F)cc1. The van der Waals surface area contributed by atoms with Gasteiger partial charge in [0.15, 0.2) is 11.4 Å². The van der Waals surface area contributed by atoms with Crippen LogP contribution < -0.4 is 4.74 Å². The van der Waals surface area contributed by atoms with Crippen molar-refractivity contribution in [2.24, 2.45) is 0 Å². The fraction of sp³-hybridized carbons (Fsp3) is 0.190.